The molecular formula is C74H49NO2. The quantitative estimate of drug-likeness (QED) is 0.166. The molecular weight excluding hydrogens is 935 g/mol. The summed E-state index contributed by atoms with van der Waals surface area (Å²) in [7, 11) is 0. The van der Waals surface area contributed by atoms with Crippen molar-refractivity contribution in [2.24, 2.45) is 0 Å². The van der Waals surface area contributed by atoms with Crippen LogP contribution in [-0.2, 0) is 10.8 Å². The van der Waals surface area contributed by atoms with Crippen LogP contribution in [0.3, 0.4) is 0 Å². The molecule has 3 aliphatic carbocycles. The summed E-state index contributed by atoms with van der Waals surface area (Å²) in [4.78, 5) is 2.57. The first-order valence-electron chi connectivity index (χ1n) is 26.8. The summed E-state index contributed by atoms with van der Waals surface area (Å²) in [6.07, 6.45) is 7.83. The largest absolute Gasteiger partial charge is 0.457 e. The van der Waals surface area contributed by atoms with E-state index in [0.29, 0.717) is 0 Å². The highest BCUT2D eigenvalue weighted by molar-refractivity contribution is 5.96. The highest BCUT2D eigenvalue weighted by atomic mass is 16.5. The Labute approximate surface area is 449 Å². The number of anilines is 2. The van der Waals surface area contributed by atoms with Crippen molar-refractivity contribution >= 4 is 16.9 Å². The number of fused-ring (bicyclic) bond motifs is 18. The summed E-state index contributed by atoms with van der Waals surface area (Å²) in [6, 6.07) is 95.6. The minimum atomic E-state index is -0.538. The SMILES string of the molecule is C1=CC(N(c2ccc(-c3ccc4c(c3)C3(c5ccccc5Oc5ccccc53)c3ccccc3-4)cc2)c2ccccc2-c2ccccc2)CC(c2cccc3c2-c2ccccc2C32c3ccccc3Oc3ccccc32)=C1. The Kier molecular flexibility index (Phi) is 9.59. The van der Waals surface area contributed by atoms with Crippen LogP contribution in [0.4, 0.5) is 11.4 Å². The van der Waals surface area contributed by atoms with Crippen molar-refractivity contribution in [2.75, 3.05) is 4.90 Å². The first kappa shape index (κ1) is 43.7. The third-order valence-corrected chi connectivity index (χ3v) is 17.2. The molecule has 362 valence electrons. The van der Waals surface area contributed by atoms with Crippen LogP contribution < -0.4 is 14.4 Å². The second-order valence-electron chi connectivity index (χ2n) is 20.9. The van der Waals surface area contributed by atoms with Gasteiger partial charge in [0, 0.05) is 39.2 Å². The molecule has 0 aromatic heterocycles. The lowest BCUT2D eigenvalue weighted by Gasteiger charge is -2.39. The summed E-state index contributed by atoms with van der Waals surface area (Å²) in [5, 5.41) is 0. The molecule has 0 saturated carbocycles. The fourth-order valence-corrected chi connectivity index (χ4v) is 14.1. The van der Waals surface area contributed by atoms with E-state index in [2.05, 4.69) is 284 Å². The van der Waals surface area contributed by atoms with Gasteiger partial charge in [0.1, 0.15) is 23.0 Å². The zero-order valence-electron chi connectivity index (χ0n) is 42.1. The number of para-hydroxylation sites is 5. The zero-order valence-corrected chi connectivity index (χ0v) is 42.1. The van der Waals surface area contributed by atoms with Gasteiger partial charge in [0.2, 0.25) is 0 Å². The van der Waals surface area contributed by atoms with Gasteiger partial charge < -0.3 is 14.4 Å². The average molecular weight is 984 g/mol. The van der Waals surface area contributed by atoms with Gasteiger partial charge in [-0.2, -0.15) is 0 Å². The molecule has 2 aliphatic heterocycles. The van der Waals surface area contributed by atoms with E-state index in [-0.39, 0.29) is 6.04 Å². The van der Waals surface area contributed by atoms with Gasteiger partial charge in [-0.15, -0.1) is 0 Å². The number of allylic oxidation sites excluding steroid dienone is 2. The van der Waals surface area contributed by atoms with Crippen LogP contribution in [0.15, 0.2) is 279 Å². The summed E-state index contributed by atoms with van der Waals surface area (Å²) in [5.74, 6) is 3.60. The predicted molar refractivity (Wildman–Crippen MR) is 313 cm³/mol. The Hall–Kier alpha value is -9.70. The molecule has 0 bridgehead atoms. The predicted octanol–water partition coefficient (Wildman–Crippen LogP) is 18.5. The fraction of sp³-hybridized carbons (Fsp3) is 0.0541. The average Bonchev–Trinajstić information content (AvgIpc) is 4.06. The van der Waals surface area contributed by atoms with Crippen molar-refractivity contribution in [3.63, 3.8) is 0 Å². The van der Waals surface area contributed by atoms with Crippen LogP contribution in [0.2, 0.25) is 0 Å². The molecule has 0 radical (unpaired) electrons. The first-order valence-corrected chi connectivity index (χ1v) is 26.8. The third-order valence-electron chi connectivity index (χ3n) is 17.2. The molecule has 2 spiro atoms. The standard InChI is InChI=1S/C74H49NO2/c1-2-20-49(21-3-1)54-24-6-13-35-67(54)75(52-43-40-48(41-44-52)50-42-45-57-56-25-4-7-28-59(56)74(66(57)47-50)63-32-11-16-38-70(63)77-71-39-17-12-33-64(71)74)53-23-18-22-51(46-53)55-27-19-34-65-72(55)58-26-5-8-29-60(58)73(65)61-30-9-14-36-68(61)76-69-37-15-10-31-62(69)73/h1-45,47,53H,46H2. The number of benzene rings is 11. The van der Waals surface area contributed by atoms with E-state index in [1.54, 1.807) is 0 Å². The molecule has 3 nitrogen and oxygen atoms in total. The number of ether oxygens (including phenoxy) is 2. The van der Waals surface area contributed by atoms with Gasteiger partial charge in [0.05, 0.1) is 16.9 Å². The molecule has 3 heteroatoms. The molecule has 1 unspecified atom stereocenters. The maximum Gasteiger partial charge on any atom is 0.132 e. The zero-order chi connectivity index (χ0) is 50.7. The summed E-state index contributed by atoms with van der Waals surface area (Å²) < 4.78 is 13.3. The Morgan fingerprint density at radius 1 is 0.338 bits per heavy atom. The number of hydrogen-bond acceptors (Lipinski definition) is 3. The van der Waals surface area contributed by atoms with Crippen molar-refractivity contribution < 1.29 is 9.47 Å². The van der Waals surface area contributed by atoms with E-state index < -0.39 is 10.8 Å². The lowest BCUT2D eigenvalue weighted by atomic mass is 9.66. The van der Waals surface area contributed by atoms with Crippen molar-refractivity contribution in [3.8, 4) is 67.5 Å². The minimum absolute atomic E-state index is 0.0104. The van der Waals surface area contributed by atoms with Crippen LogP contribution in [0.5, 0.6) is 23.0 Å². The van der Waals surface area contributed by atoms with Crippen LogP contribution >= 0.6 is 0 Å². The maximum atomic E-state index is 6.69. The van der Waals surface area contributed by atoms with Crippen molar-refractivity contribution in [2.45, 2.75) is 23.3 Å². The van der Waals surface area contributed by atoms with E-state index in [1.807, 2.05) is 0 Å². The molecule has 5 aliphatic rings. The van der Waals surface area contributed by atoms with E-state index in [0.717, 1.165) is 46.4 Å². The Morgan fingerprint density at radius 2 is 0.805 bits per heavy atom. The Morgan fingerprint density at radius 3 is 1.44 bits per heavy atom. The summed E-state index contributed by atoms with van der Waals surface area (Å²) in [5.41, 5.74) is 23.4. The topological polar surface area (TPSA) is 21.7 Å². The number of hydrogen-bond donors (Lipinski definition) is 0. The van der Waals surface area contributed by atoms with Crippen LogP contribution in [-0.4, -0.2) is 6.04 Å². The van der Waals surface area contributed by atoms with Crippen molar-refractivity contribution in [1.82, 2.24) is 0 Å². The lowest BCUT2D eigenvalue weighted by molar-refractivity contribution is 0.436. The molecule has 11 aromatic rings. The van der Waals surface area contributed by atoms with Gasteiger partial charge in [-0.3, -0.25) is 0 Å². The minimum Gasteiger partial charge on any atom is -0.457 e. The third kappa shape index (κ3) is 6.20. The van der Waals surface area contributed by atoms with Crippen molar-refractivity contribution in [1.29, 1.82) is 0 Å². The summed E-state index contributed by atoms with van der Waals surface area (Å²) in [6.45, 7) is 0. The second kappa shape index (κ2) is 16.9. The van der Waals surface area contributed by atoms with Gasteiger partial charge in [-0.1, -0.05) is 231 Å². The molecule has 0 amide bonds. The van der Waals surface area contributed by atoms with Crippen LogP contribution in [0.25, 0.3) is 50.1 Å². The van der Waals surface area contributed by atoms with E-state index >= 15 is 0 Å². The molecule has 0 N–H and O–H groups in total. The summed E-state index contributed by atoms with van der Waals surface area (Å²) >= 11 is 0. The highest BCUT2D eigenvalue weighted by Crippen LogP contribution is 2.65. The normalized spacial score (nSPS) is 15.8. The molecule has 16 rings (SSSR count). The lowest BCUT2D eigenvalue weighted by Crippen LogP contribution is -2.32. The fourth-order valence-electron chi connectivity index (χ4n) is 14.1. The van der Waals surface area contributed by atoms with Gasteiger partial charge >= 0.3 is 0 Å². The van der Waals surface area contributed by atoms with E-state index in [4.69, 9.17) is 9.47 Å². The van der Waals surface area contributed by atoms with Gasteiger partial charge in [-0.05, 0) is 127 Å². The maximum absolute atomic E-state index is 6.69. The smallest absolute Gasteiger partial charge is 0.132 e. The number of nitrogens with zero attached hydrogens (tertiary/aromatic N) is 1. The Bertz CT molecular complexity index is 4190. The molecule has 11 aromatic carbocycles. The molecule has 0 saturated heterocycles. The van der Waals surface area contributed by atoms with Gasteiger partial charge in [0.15, 0.2) is 0 Å². The molecule has 0 fully saturated rings. The Balaban J connectivity index is 0.822. The van der Waals surface area contributed by atoms with Gasteiger partial charge in [0.25, 0.3) is 0 Å². The monoisotopic (exact) mass is 983 g/mol. The van der Waals surface area contributed by atoms with E-state index in [1.165, 1.54) is 94.6 Å². The van der Waals surface area contributed by atoms with Gasteiger partial charge in [-0.25, -0.2) is 0 Å². The van der Waals surface area contributed by atoms with Crippen LogP contribution in [0, 0.1) is 0 Å². The first-order chi connectivity index (χ1) is 38.2. The molecule has 2 heterocycles. The molecule has 1 atom stereocenters. The van der Waals surface area contributed by atoms with Crippen molar-refractivity contribution in [3.05, 3.63) is 329 Å². The van der Waals surface area contributed by atoms with E-state index in [9.17, 15) is 0 Å². The number of rotatable bonds is 6. The second-order valence-corrected chi connectivity index (χ2v) is 20.9. The molecule has 77 heavy (non-hydrogen) atoms. The van der Waals surface area contributed by atoms with Crippen LogP contribution in [0.1, 0.15) is 56.5 Å². The highest BCUT2D eigenvalue weighted by Gasteiger charge is 2.53.